The molecule has 0 heterocycles. The first-order valence-electron chi connectivity index (χ1n) is 8.19. The average Bonchev–Trinajstić information content (AvgIpc) is 2.68. The quantitative estimate of drug-likeness (QED) is 0.280. The van der Waals surface area contributed by atoms with Gasteiger partial charge in [0.05, 0.1) is 39.6 Å². The van der Waals surface area contributed by atoms with Gasteiger partial charge in [0, 0.05) is 35.5 Å². The summed E-state index contributed by atoms with van der Waals surface area (Å²) in [6, 6.07) is 0. The number of ether oxygens (including phenoxy) is 3. The Balaban J connectivity index is 0. The second kappa shape index (κ2) is 18.0. The van der Waals surface area contributed by atoms with Gasteiger partial charge < -0.3 is 36.3 Å². The van der Waals surface area contributed by atoms with E-state index >= 15 is 0 Å². The van der Waals surface area contributed by atoms with E-state index in [9.17, 15) is 0 Å². The highest BCUT2D eigenvalue weighted by Crippen LogP contribution is 2.11. The summed E-state index contributed by atoms with van der Waals surface area (Å²) in [6.45, 7) is 11.9. The summed E-state index contributed by atoms with van der Waals surface area (Å²) in [5.74, 6) is 0. The third-order valence-corrected chi connectivity index (χ3v) is 7.89. The van der Waals surface area contributed by atoms with Crippen LogP contribution in [0.4, 0.5) is 0 Å². The van der Waals surface area contributed by atoms with E-state index in [1.165, 1.54) is 0 Å². The molecule has 0 aliphatic carbocycles. The van der Waals surface area contributed by atoms with Crippen molar-refractivity contribution in [3.05, 3.63) is 24.6 Å². The zero-order chi connectivity index (χ0) is 20.3. The first kappa shape index (κ1) is 27.8. The minimum atomic E-state index is -2.86. The Morgan fingerprint density at radius 2 is 0.962 bits per heavy atom. The Kier molecular flexibility index (Phi) is 19.2. The fourth-order valence-corrected chi connectivity index (χ4v) is 3.56. The largest absolute Gasteiger partial charge is 0.529 e. The van der Waals surface area contributed by atoms with E-state index in [0.29, 0.717) is 39.6 Å². The summed E-state index contributed by atoms with van der Waals surface area (Å²) in [5, 5.41) is 0. The van der Waals surface area contributed by atoms with E-state index in [-0.39, 0.29) is 0 Å². The van der Waals surface area contributed by atoms with Crippen molar-refractivity contribution in [2.24, 2.45) is 0 Å². The maximum Gasteiger partial charge on any atom is 0.529 e. The zero-order valence-corrected chi connectivity index (χ0v) is 19.1. The van der Waals surface area contributed by atoms with Crippen molar-refractivity contribution >= 4 is 17.4 Å². The highest BCUT2D eigenvalue weighted by molar-refractivity contribution is 6.71. The monoisotopic (exact) mass is 412 g/mol. The van der Waals surface area contributed by atoms with Gasteiger partial charge in [0.15, 0.2) is 0 Å². The van der Waals surface area contributed by atoms with Gasteiger partial charge in [-0.2, -0.15) is 0 Å². The van der Waals surface area contributed by atoms with E-state index in [4.69, 9.17) is 36.3 Å². The van der Waals surface area contributed by atoms with Crippen LogP contribution in [0, 0.1) is 0 Å². The first-order chi connectivity index (χ1) is 12.4. The van der Waals surface area contributed by atoms with Crippen LogP contribution in [-0.2, 0) is 36.3 Å². The van der Waals surface area contributed by atoms with Crippen LogP contribution in [0.3, 0.4) is 0 Å². The fraction of sp³-hybridized carbons (Fsp3) is 0.750. The van der Waals surface area contributed by atoms with Crippen molar-refractivity contribution in [3.63, 3.8) is 0 Å². The van der Waals surface area contributed by atoms with Crippen LogP contribution in [0.25, 0.3) is 0 Å². The van der Waals surface area contributed by atoms with Crippen LogP contribution in [0.1, 0.15) is 0 Å². The number of hydrogen-bond acceptors (Lipinski definition) is 8. The number of methoxy groups -OCH3 is 3. The van der Waals surface area contributed by atoms with Crippen molar-refractivity contribution in [1.82, 2.24) is 0 Å². The minimum Gasteiger partial charge on any atom is -0.395 e. The van der Waals surface area contributed by atoms with Gasteiger partial charge in [-0.15, -0.1) is 6.58 Å². The molecule has 0 unspecified atom stereocenters. The third-order valence-electron chi connectivity index (χ3n) is 3.20. The van der Waals surface area contributed by atoms with E-state index in [1.54, 1.807) is 46.9 Å². The van der Waals surface area contributed by atoms with Gasteiger partial charge in [-0.3, -0.25) is 0 Å². The molecule has 0 aliphatic rings. The summed E-state index contributed by atoms with van der Waals surface area (Å²) in [4.78, 5) is 0. The van der Waals surface area contributed by atoms with Crippen LogP contribution < -0.4 is 0 Å². The molecular formula is C16H36O8Si2. The predicted octanol–water partition coefficient (Wildman–Crippen LogP) is 1.72. The molecule has 156 valence electrons. The van der Waals surface area contributed by atoms with Gasteiger partial charge in [-0.25, -0.2) is 0 Å². The lowest BCUT2D eigenvalue weighted by Crippen LogP contribution is -2.46. The molecule has 10 heteroatoms. The average molecular weight is 413 g/mol. The normalized spacial score (nSPS) is 11.6. The Morgan fingerprint density at radius 3 is 1.12 bits per heavy atom. The van der Waals surface area contributed by atoms with Crippen LogP contribution >= 0.6 is 0 Å². The Hall–Kier alpha value is -0.406. The Morgan fingerprint density at radius 1 is 0.615 bits per heavy atom. The van der Waals surface area contributed by atoms with Crippen molar-refractivity contribution in [2.75, 3.05) is 75.2 Å². The van der Waals surface area contributed by atoms with Gasteiger partial charge in [0.25, 0.3) is 0 Å². The topological polar surface area (TPSA) is 73.8 Å². The minimum absolute atomic E-state index is 0.398. The molecule has 0 aromatic rings. The van der Waals surface area contributed by atoms with E-state index in [2.05, 4.69) is 13.2 Å². The number of hydrogen-bond donors (Lipinski definition) is 0. The molecule has 0 fully saturated rings. The van der Waals surface area contributed by atoms with Crippen LogP contribution in [0.2, 0.25) is 6.55 Å². The molecule has 0 aromatic carbocycles. The molecule has 0 saturated carbocycles. The second-order valence-corrected chi connectivity index (χ2v) is 10.7. The van der Waals surface area contributed by atoms with Gasteiger partial charge in [0.1, 0.15) is 0 Å². The molecule has 0 N–H and O–H groups in total. The first-order valence-corrected chi connectivity index (χ1v) is 12.4. The fourth-order valence-electron chi connectivity index (χ4n) is 1.35. The standard InChI is InChI=1S/C11H24O6Si.C5H12O2Si/c1-5-18(15-9-6-12-2,16-10-7-13-3)17-11-8-14-4;1-5-8(4,6-2)7-3/h5H,1,6-11H2,2-4H3;5H,1H2,2-4H3. The van der Waals surface area contributed by atoms with E-state index in [0.717, 1.165) is 0 Å². The molecule has 0 spiro atoms. The molecule has 0 saturated heterocycles. The maximum atomic E-state index is 5.65. The lowest BCUT2D eigenvalue weighted by Gasteiger charge is -2.26. The molecule has 0 rings (SSSR count). The van der Waals surface area contributed by atoms with Gasteiger partial charge in [-0.05, 0) is 17.9 Å². The SMILES string of the molecule is C=C[Si](C)(OC)OC.C=C[Si](OCCOC)(OCCOC)OCCOC. The zero-order valence-electron chi connectivity index (χ0n) is 17.1. The van der Waals surface area contributed by atoms with Crippen LogP contribution in [-0.4, -0.2) is 92.6 Å². The van der Waals surface area contributed by atoms with Crippen molar-refractivity contribution < 1.29 is 36.3 Å². The molecular weight excluding hydrogens is 376 g/mol. The predicted molar refractivity (Wildman–Crippen MR) is 105 cm³/mol. The van der Waals surface area contributed by atoms with E-state index in [1.807, 2.05) is 6.55 Å². The van der Waals surface area contributed by atoms with Crippen molar-refractivity contribution in [2.45, 2.75) is 6.55 Å². The molecule has 0 aromatic heterocycles. The van der Waals surface area contributed by atoms with Gasteiger partial charge >= 0.3 is 17.4 Å². The summed E-state index contributed by atoms with van der Waals surface area (Å²) in [7, 11) is 3.34. The molecule has 0 atom stereocenters. The lowest BCUT2D eigenvalue weighted by atomic mass is 10.8. The summed E-state index contributed by atoms with van der Waals surface area (Å²) in [5.41, 5.74) is 3.35. The highest BCUT2D eigenvalue weighted by Gasteiger charge is 2.37. The Labute approximate surface area is 160 Å². The smallest absolute Gasteiger partial charge is 0.395 e. The summed E-state index contributed by atoms with van der Waals surface area (Å²) >= 11 is 0. The molecule has 8 nitrogen and oxygen atoms in total. The molecule has 0 amide bonds. The lowest BCUT2D eigenvalue weighted by molar-refractivity contribution is 0.0232. The third kappa shape index (κ3) is 13.8. The van der Waals surface area contributed by atoms with Crippen LogP contribution in [0.5, 0.6) is 0 Å². The molecule has 0 aliphatic heterocycles. The maximum absolute atomic E-state index is 5.65. The summed E-state index contributed by atoms with van der Waals surface area (Å²) in [6.07, 6.45) is 0. The molecule has 26 heavy (non-hydrogen) atoms. The van der Waals surface area contributed by atoms with Crippen molar-refractivity contribution in [3.8, 4) is 0 Å². The molecule has 0 radical (unpaired) electrons. The highest BCUT2D eigenvalue weighted by atomic mass is 28.4. The van der Waals surface area contributed by atoms with Gasteiger partial charge in [0.2, 0.25) is 0 Å². The van der Waals surface area contributed by atoms with Gasteiger partial charge in [-0.1, -0.05) is 6.58 Å². The second-order valence-electron chi connectivity index (χ2n) is 4.96. The Bertz CT molecular complexity index is 314. The van der Waals surface area contributed by atoms with Crippen LogP contribution in [0.15, 0.2) is 24.6 Å². The van der Waals surface area contributed by atoms with Crippen molar-refractivity contribution in [1.29, 1.82) is 0 Å². The van der Waals surface area contributed by atoms with E-state index < -0.39 is 17.4 Å². The number of rotatable bonds is 16. The molecule has 0 bridgehead atoms. The summed E-state index contributed by atoms with van der Waals surface area (Å²) < 4.78 is 41.8.